The predicted molar refractivity (Wildman–Crippen MR) is 138 cm³/mol. The van der Waals surface area contributed by atoms with Crippen molar-refractivity contribution in [3.8, 4) is 39.5 Å². The zero-order valence-corrected chi connectivity index (χ0v) is 19.7. The highest BCUT2D eigenvalue weighted by atomic mass is 16.5. The van der Waals surface area contributed by atoms with Crippen LogP contribution in [0.4, 0.5) is 0 Å². The molecule has 0 saturated carbocycles. The van der Waals surface area contributed by atoms with E-state index in [1.807, 2.05) is 81.5 Å². The van der Waals surface area contributed by atoms with E-state index in [2.05, 4.69) is 42.5 Å². The van der Waals surface area contributed by atoms with Gasteiger partial charge in [-0.15, -0.1) is 0 Å². The van der Waals surface area contributed by atoms with Crippen molar-refractivity contribution in [1.82, 2.24) is 0 Å². The molecule has 3 nitrogen and oxygen atoms in total. The zero-order chi connectivity index (χ0) is 23.3. The van der Waals surface area contributed by atoms with E-state index in [-0.39, 0.29) is 0 Å². The molecule has 0 saturated heterocycles. The Hall–Kier alpha value is -3.72. The highest BCUT2D eigenvalue weighted by molar-refractivity contribution is 5.76. The van der Waals surface area contributed by atoms with Crippen LogP contribution in [-0.2, 0) is 0 Å². The summed E-state index contributed by atoms with van der Waals surface area (Å²) in [6.07, 6.45) is 11.9. The molecular formula is C30H32O3. The summed E-state index contributed by atoms with van der Waals surface area (Å²) in [4.78, 5) is 0. The second-order valence-corrected chi connectivity index (χ2v) is 7.40. The van der Waals surface area contributed by atoms with E-state index < -0.39 is 0 Å². The Balaban J connectivity index is 1.84. The molecule has 0 aliphatic heterocycles. The highest BCUT2D eigenvalue weighted by Gasteiger charge is 2.10. The van der Waals surface area contributed by atoms with Crippen molar-refractivity contribution < 1.29 is 14.2 Å². The van der Waals surface area contributed by atoms with Gasteiger partial charge in [-0.05, 0) is 67.8 Å². The molecule has 0 fully saturated rings. The Bertz CT molecular complexity index is 1070. The minimum absolute atomic E-state index is 0.523. The quantitative estimate of drug-likeness (QED) is 0.284. The van der Waals surface area contributed by atoms with Gasteiger partial charge >= 0.3 is 0 Å². The summed E-state index contributed by atoms with van der Waals surface area (Å²) in [5.41, 5.74) is 4.35. The molecule has 33 heavy (non-hydrogen) atoms. The Morgan fingerprint density at radius 1 is 0.515 bits per heavy atom. The van der Waals surface area contributed by atoms with E-state index in [1.165, 1.54) is 0 Å². The Morgan fingerprint density at radius 2 is 0.970 bits per heavy atom. The largest absolute Gasteiger partial charge is 0.490 e. The van der Waals surface area contributed by atoms with Crippen molar-refractivity contribution in [3.05, 3.63) is 103 Å². The Kier molecular flexibility index (Phi) is 9.41. The normalized spacial score (nSPS) is 11.5. The van der Waals surface area contributed by atoms with Gasteiger partial charge in [-0.2, -0.15) is 0 Å². The molecular weight excluding hydrogens is 408 g/mol. The molecule has 3 aromatic rings. The van der Waals surface area contributed by atoms with Crippen LogP contribution in [0, 0.1) is 0 Å². The van der Waals surface area contributed by atoms with Gasteiger partial charge in [-0.25, -0.2) is 0 Å². The first-order valence-corrected chi connectivity index (χ1v) is 11.3. The highest BCUT2D eigenvalue weighted by Crippen LogP contribution is 2.35. The summed E-state index contributed by atoms with van der Waals surface area (Å²) in [6.45, 7) is 7.63. The Labute approximate surface area is 197 Å². The van der Waals surface area contributed by atoms with E-state index in [1.54, 1.807) is 0 Å². The third kappa shape index (κ3) is 7.15. The van der Waals surface area contributed by atoms with Crippen molar-refractivity contribution in [2.75, 3.05) is 19.8 Å². The molecule has 3 aromatic carbocycles. The van der Waals surface area contributed by atoms with Crippen molar-refractivity contribution in [1.29, 1.82) is 0 Å². The number of hydrogen-bond acceptors (Lipinski definition) is 3. The van der Waals surface area contributed by atoms with Gasteiger partial charge in [-0.3, -0.25) is 0 Å². The van der Waals surface area contributed by atoms with E-state index in [9.17, 15) is 0 Å². The molecule has 0 bridgehead atoms. The first-order chi connectivity index (χ1) is 16.2. The van der Waals surface area contributed by atoms with Gasteiger partial charge in [0.25, 0.3) is 0 Å². The van der Waals surface area contributed by atoms with Gasteiger partial charge in [0.2, 0.25) is 0 Å². The minimum Gasteiger partial charge on any atom is -0.490 e. The molecule has 0 aromatic heterocycles. The molecule has 0 spiro atoms. The van der Waals surface area contributed by atoms with Gasteiger partial charge in [0.15, 0.2) is 0 Å². The van der Waals surface area contributed by atoms with Crippen LogP contribution < -0.4 is 14.2 Å². The van der Waals surface area contributed by atoms with Gasteiger partial charge in [0.1, 0.15) is 37.1 Å². The average molecular weight is 441 g/mol. The van der Waals surface area contributed by atoms with Crippen LogP contribution in [0.3, 0.4) is 0 Å². The van der Waals surface area contributed by atoms with Crippen LogP contribution in [0.25, 0.3) is 22.3 Å². The molecule has 170 valence electrons. The fourth-order valence-electron chi connectivity index (χ4n) is 3.25. The predicted octanol–water partition coefficient (Wildman–Crippen LogP) is 7.89. The maximum Gasteiger partial charge on any atom is 0.128 e. The van der Waals surface area contributed by atoms with Crippen LogP contribution in [-0.4, -0.2) is 19.8 Å². The lowest BCUT2D eigenvalue weighted by atomic mass is 9.99. The summed E-state index contributed by atoms with van der Waals surface area (Å²) in [7, 11) is 0. The van der Waals surface area contributed by atoms with Crippen LogP contribution >= 0.6 is 0 Å². The second kappa shape index (κ2) is 13.0. The monoisotopic (exact) mass is 440 g/mol. The van der Waals surface area contributed by atoms with Crippen LogP contribution in [0.2, 0.25) is 0 Å². The topological polar surface area (TPSA) is 27.7 Å². The van der Waals surface area contributed by atoms with Gasteiger partial charge in [0, 0.05) is 5.56 Å². The molecule has 0 radical (unpaired) electrons. The SMILES string of the molecule is C/C=C/COc1ccc(-c2ccc(-c3ccc(OC/C=C/C)cc3)c(OC/C=C/C)c2)cc1. The number of hydrogen-bond donors (Lipinski definition) is 0. The van der Waals surface area contributed by atoms with E-state index in [4.69, 9.17) is 14.2 Å². The number of allylic oxidation sites excluding steroid dienone is 3. The molecule has 0 heterocycles. The molecule has 3 heteroatoms. The van der Waals surface area contributed by atoms with E-state index in [0.717, 1.165) is 39.5 Å². The van der Waals surface area contributed by atoms with E-state index in [0.29, 0.717) is 19.8 Å². The van der Waals surface area contributed by atoms with Crippen molar-refractivity contribution >= 4 is 0 Å². The fourth-order valence-corrected chi connectivity index (χ4v) is 3.25. The van der Waals surface area contributed by atoms with Crippen molar-refractivity contribution in [2.45, 2.75) is 20.8 Å². The molecule has 0 atom stereocenters. The fraction of sp³-hybridized carbons (Fsp3) is 0.200. The molecule has 0 N–H and O–H groups in total. The summed E-state index contributed by atoms with van der Waals surface area (Å²) in [5, 5.41) is 0. The zero-order valence-electron chi connectivity index (χ0n) is 19.7. The number of rotatable bonds is 11. The van der Waals surface area contributed by atoms with Crippen molar-refractivity contribution in [2.24, 2.45) is 0 Å². The van der Waals surface area contributed by atoms with Gasteiger partial charge in [-0.1, -0.05) is 72.9 Å². The third-order valence-corrected chi connectivity index (χ3v) is 5.07. The minimum atomic E-state index is 0.523. The van der Waals surface area contributed by atoms with Crippen LogP contribution in [0.5, 0.6) is 17.2 Å². The maximum atomic E-state index is 6.13. The summed E-state index contributed by atoms with van der Waals surface area (Å²) in [5.74, 6) is 2.55. The summed E-state index contributed by atoms with van der Waals surface area (Å²) in [6, 6.07) is 22.6. The van der Waals surface area contributed by atoms with E-state index >= 15 is 0 Å². The lowest BCUT2D eigenvalue weighted by Crippen LogP contribution is -1.97. The summed E-state index contributed by atoms with van der Waals surface area (Å²) >= 11 is 0. The molecule has 0 amide bonds. The Morgan fingerprint density at radius 3 is 1.48 bits per heavy atom. The molecule has 0 unspecified atom stereocenters. The molecule has 3 rings (SSSR count). The lowest BCUT2D eigenvalue weighted by molar-refractivity contribution is 0.362. The first-order valence-electron chi connectivity index (χ1n) is 11.3. The van der Waals surface area contributed by atoms with Crippen LogP contribution in [0.1, 0.15) is 20.8 Å². The standard InChI is InChI=1S/C30H32O3/c1-4-7-20-31-27-15-10-24(11-16-27)26-14-19-29(30(23-26)33-22-9-6-3)25-12-17-28(18-13-25)32-21-8-5-2/h4-19,23H,20-22H2,1-3H3/b7-4+,8-5+,9-6+. The number of ether oxygens (including phenoxy) is 3. The second-order valence-electron chi connectivity index (χ2n) is 7.40. The van der Waals surface area contributed by atoms with Crippen molar-refractivity contribution in [3.63, 3.8) is 0 Å². The molecule has 0 aliphatic carbocycles. The summed E-state index contributed by atoms with van der Waals surface area (Å²) < 4.78 is 17.6. The van der Waals surface area contributed by atoms with Crippen LogP contribution in [0.15, 0.2) is 103 Å². The third-order valence-electron chi connectivity index (χ3n) is 5.07. The molecule has 0 aliphatic rings. The average Bonchev–Trinajstić information content (AvgIpc) is 2.85. The smallest absolute Gasteiger partial charge is 0.128 e. The maximum absolute atomic E-state index is 6.13. The lowest BCUT2D eigenvalue weighted by Gasteiger charge is -2.14. The van der Waals surface area contributed by atoms with Gasteiger partial charge < -0.3 is 14.2 Å². The van der Waals surface area contributed by atoms with Gasteiger partial charge in [0.05, 0.1) is 0 Å². The first kappa shape index (κ1) is 23.9. The number of benzene rings is 3.